The molecule has 0 aliphatic heterocycles. The average molecular weight is 344 g/mol. The number of halogens is 3. The van der Waals surface area contributed by atoms with Crippen LogP contribution in [0.15, 0.2) is 46.9 Å². The van der Waals surface area contributed by atoms with Gasteiger partial charge >= 0.3 is 0 Å². The summed E-state index contributed by atoms with van der Waals surface area (Å²) in [5, 5.41) is 0.656. The first-order chi connectivity index (χ1) is 8.56. The molecule has 0 saturated heterocycles. The van der Waals surface area contributed by atoms with Gasteiger partial charge in [-0.25, -0.2) is 0 Å². The van der Waals surface area contributed by atoms with E-state index < -0.39 is 0 Å². The van der Waals surface area contributed by atoms with Gasteiger partial charge in [0.1, 0.15) is 0 Å². The molecule has 0 bridgehead atoms. The fraction of sp³-hybridized carbons (Fsp3) is 0.200. The fourth-order valence-corrected chi connectivity index (χ4v) is 3.37. The molecule has 0 fully saturated rings. The van der Waals surface area contributed by atoms with Crippen LogP contribution in [0.5, 0.6) is 0 Å². The third-order valence-corrected chi connectivity index (χ3v) is 4.11. The van der Waals surface area contributed by atoms with Crippen LogP contribution in [0.3, 0.4) is 0 Å². The molecule has 3 heteroatoms. The molecule has 18 heavy (non-hydrogen) atoms. The topological polar surface area (TPSA) is 0 Å². The standard InChI is InChI=1S/C15H13BrCl2/c1-10-3-2-4-11(7-10)8-15(18)13-6-5-12(17)9-14(13)16/h2-7,9,15H,8H2,1H3. The van der Waals surface area contributed by atoms with E-state index in [1.54, 1.807) is 0 Å². The molecule has 0 N–H and O–H groups in total. The smallest absolute Gasteiger partial charge is 0.0636 e. The average Bonchev–Trinajstić information content (AvgIpc) is 2.28. The Bertz CT molecular complexity index is 552. The highest BCUT2D eigenvalue weighted by Crippen LogP contribution is 2.32. The molecule has 0 aliphatic rings. The van der Waals surface area contributed by atoms with E-state index in [0.29, 0.717) is 5.02 Å². The Hall–Kier alpha value is -0.500. The van der Waals surface area contributed by atoms with Gasteiger partial charge in [0.2, 0.25) is 0 Å². The first-order valence-electron chi connectivity index (χ1n) is 5.71. The molecule has 0 amide bonds. The fourth-order valence-electron chi connectivity index (χ4n) is 1.91. The summed E-state index contributed by atoms with van der Waals surface area (Å²) < 4.78 is 0.961. The second-order valence-electron chi connectivity index (χ2n) is 4.33. The highest BCUT2D eigenvalue weighted by Gasteiger charge is 2.12. The number of hydrogen-bond acceptors (Lipinski definition) is 0. The van der Waals surface area contributed by atoms with Crippen LogP contribution < -0.4 is 0 Å². The quantitative estimate of drug-likeness (QED) is 0.605. The van der Waals surface area contributed by atoms with Crippen molar-refractivity contribution in [3.8, 4) is 0 Å². The van der Waals surface area contributed by atoms with Gasteiger partial charge in [-0.1, -0.05) is 63.4 Å². The predicted octanol–water partition coefficient (Wildman–Crippen LogP) is 5.93. The molecule has 0 aromatic heterocycles. The van der Waals surface area contributed by atoms with Crippen molar-refractivity contribution in [2.75, 3.05) is 0 Å². The largest absolute Gasteiger partial charge is 0.117 e. The Morgan fingerprint density at radius 3 is 2.61 bits per heavy atom. The van der Waals surface area contributed by atoms with Crippen molar-refractivity contribution < 1.29 is 0 Å². The van der Waals surface area contributed by atoms with Crippen molar-refractivity contribution in [3.63, 3.8) is 0 Å². The summed E-state index contributed by atoms with van der Waals surface area (Å²) in [5.74, 6) is 0. The van der Waals surface area contributed by atoms with Crippen molar-refractivity contribution in [2.45, 2.75) is 18.7 Å². The molecule has 0 heterocycles. The zero-order valence-electron chi connectivity index (χ0n) is 9.96. The van der Waals surface area contributed by atoms with Crippen LogP contribution in [0.1, 0.15) is 22.1 Å². The lowest BCUT2D eigenvalue weighted by molar-refractivity contribution is 0.913. The summed E-state index contributed by atoms with van der Waals surface area (Å²) in [6.07, 6.45) is 0.809. The minimum absolute atomic E-state index is 0.0570. The summed E-state index contributed by atoms with van der Waals surface area (Å²) in [4.78, 5) is 0. The van der Waals surface area contributed by atoms with Crippen LogP contribution in [0, 0.1) is 6.92 Å². The lowest BCUT2D eigenvalue weighted by Crippen LogP contribution is -1.97. The third-order valence-electron chi connectivity index (χ3n) is 2.80. The van der Waals surface area contributed by atoms with E-state index in [4.69, 9.17) is 23.2 Å². The first-order valence-corrected chi connectivity index (χ1v) is 7.31. The molecule has 0 spiro atoms. The van der Waals surface area contributed by atoms with Crippen LogP contribution in [0.2, 0.25) is 5.02 Å². The molecule has 2 rings (SSSR count). The predicted molar refractivity (Wildman–Crippen MR) is 82.6 cm³/mol. The number of hydrogen-bond donors (Lipinski definition) is 0. The van der Waals surface area contributed by atoms with Gasteiger partial charge in [-0.2, -0.15) is 0 Å². The van der Waals surface area contributed by atoms with Gasteiger partial charge in [0.15, 0.2) is 0 Å². The Morgan fingerprint density at radius 2 is 1.94 bits per heavy atom. The van der Waals surface area contributed by atoms with Gasteiger partial charge in [0.25, 0.3) is 0 Å². The highest BCUT2D eigenvalue weighted by molar-refractivity contribution is 9.10. The van der Waals surface area contributed by atoms with Crippen molar-refractivity contribution in [1.29, 1.82) is 0 Å². The van der Waals surface area contributed by atoms with Crippen molar-refractivity contribution >= 4 is 39.1 Å². The monoisotopic (exact) mass is 342 g/mol. The van der Waals surface area contributed by atoms with E-state index in [1.807, 2.05) is 18.2 Å². The van der Waals surface area contributed by atoms with Crippen LogP contribution in [0.4, 0.5) is 0 Å². The van der Waals surface area contributed by atoms with Crippen LogP contribution in [-0.2, 0) is 6.42 Å². The Labute approximate surface area is 126 Å². The number of rotatable bonds is 3. The Morgan fingerprint density at radius 1 is 1.17 bits per heavy atom. The number of benzene rings is 2. The van der Waals surface area contributed by atoms with Gasteiger partial charge in [-0.15, -0.1) is 11.6 Å². The molecule has 2 aromatic rings. The van der Waals surface area contributed by atoms with Crippen LogP contribution in [0.25, 0.3) is 0 Å². The van der Waals surface area contributed by atoms with E-state index in [-0.39, 0.29) is 5.38 Å². The molecule has 0 radical (unpaired) electrons. The zero-order chi connectivity index (χ0) is 13.1. The van der Waals surface area contributed by atoms with E-state index in [2.05, 4.69) is 47.1 Å². The molecular formula is C15H13BrCl2. The second kappa shape index (κ2) is 6.10. The Balaban J connectivity index is 2.19. The molecule has 1 unspecified atom stereocenters. The van der Waals surface area contributed by atoms with Gasteiger partial charge in [0, 0.05) is 9.50 Å². The summed E-state index contributed by atoms with van der Waals surface area (Å²) in [6, 6.07) is 14.1. The minimum atomic E-state index is -0.0570. The maximum atomic E-state index is 6.48. The SMILES string of the molecule is Cc1cccc(CC(Cl)c2ccc(Cl)cc2Br)c1. The highest BCUT2D eigenvalue weighted by atomic mass is 79.9. The number of aryl methyl sites for hydroxylation is 1. The van der Waals surface area contributed by atoms with E-state index in [1.165, 1.54) is 11.1 Å². The van der Waals surface area contributed by atoms with Crippen molar-refractivity contribution in [1.82, 2.24) is 0 Å². The van der Waals surface area contributed by atoms with Gasteiger partial charge in [-0.3, -0.25) is 0 Å². The van der Waals surface area contributed by atoms with Crippen LogP contribution in [-0.4, -0.2) is 0 Å². The molecule has 1 atom stereocenters. The zero-order valence-corrected chi connectivity index (χ0v) is 13.1. The molecular weight excluding hydrogens is 331 g/mol. The minimum Gasteiger partial charge on any atom is -0.117 e. The first kappa shape index (κ1) is 13.9. The third kappa shape index (κ3) is 3.50. The normalized spacial score (nSPS) is 12.4. The lowest BCUT2D eigenvalue weighted by atomic mass is 10.0. The molecule has 0 saturated carbocycles. The molecule has 94 valence electrons. The lowest BCUT2D eigenvalue weighted by Gasteiger charge is -2.12. The van der Waals surface area contributed by atoms with E-state index in [9.17, 15) is 0 Å². The summed E-state index contributed by atoms with van der Waals surface area (Å²) >= 11 is 15.9. The van der Waals surface area contributed by atoms with Gasteiger partial charge in [-0.05, 0) is 36.6 Å². The Kier molecular flexibility index (Phi) is 4.71. The number of alkyl halides is 1. The van der Waals surface area contributed by atoms with Crippen molar-refractivity contribution in [2.24, 2.45) is 0 Å². The summed E-state index contributed by atoms with van der Waals surface area (Å²) in [5.41, 5.74) is 3.57. The van der Waals surface area contributed by atoms with Crippen molar-refractivity contribution in [3.05, 3.63) is 68.7 Å². The van der Waals surface area contributed by atoms with E-state index >= 15 is 0 Å². The van der Waals surface area contributed by atoms with E-state index in [0.717, 1.165) is 16.5 Å². The van der Waals surface area contributed by atoms with Gasteiger partial charge < -0.3 is 0 Å². The summed E-state index contributed by atoms with van der Waals surface area (Å²) in [6.45, 7) is 2.09. The molecule has 0 aliphatic carbocycles. The maximum Gasteiger partial charge on any atom is 0.0636 e. The summed E-state index contributed by atoms with van der Waals surface area (Å²) in [7, 11) is 0. The maximum absolute atomic E-state index is 6.48. The second-order valence-corrected chi connectivity index (χ2v) is 6.14. The van der Waals surface area contributed by atoms with Gasteiger partial charge in [0.05, 0.1) is 5.38 Å². The van der Waals surface area contributed by atoms with Crippen LogP contribution >= 0.6 is 39.1 Å². The molecule has 2 aromatic carbocycles. The molecule has 0 nitrogen and oxygen atoms in total.